The van der Waals surface area contributed by atoms with Crippen molar-refractivity contribution in [2.75, 3.05) is 5.32 Å². The minimum atomic E-state index is -0.346. The summed E-state index contributed by atoms with van der Waals surface area (Å²) in [4.78, 5) is 10.8. The van der Waals surface area contributed by atoms with Gasteiger partial charge in [0.1, 0.15) is 5.69 Å². The molecule has 6 heteroatoms. The van der Waals surface area contributed by atoms with Gasteiger partial charge in [0.05, 0.1) is 4.92 Å². The minimum absolute atomic E-state index is 0.106. The first-order valence-corrected chi connectivity index (χ1v) is 6.90. The highest BCUT2D eigenvalue weighted by molar-refractivity contribution is 5.60. The number of anilines is 1. The molecule has 3 atom stereocenters. The van der Waals surface area contributed by atoms with Crippen molar-refractivity contribution in [3.63, 3.8) is 0 Å². The van der Waals surface area contributed by atoms with E-state index in [0.717, 1.165) is 6.42 Å². The molecule has 19 heavy (non-hydrogen) atoms. The first-order valence-electron chi connectivity index (χ1n) is 6.90. The predicted octanol–water partition coefficient (Wildman–Crippen LogP) is 2.87. The predicted molar refractivity (Wildman–Crippen MR) is 74.2 cm³/mol. The summed E-state index contributed by atoms with van der Waals surface area (Å²) in [5.74, 6) is 1.79. The molecule has 0 aromatic carbocycles. The Hall–Kier alpha value is -1.59. The summed E-state index contributed by atoms with van der Waals surface area (Å²) in [6.07, 6.45) is 3.44. The van der Waals surface area contributed by atoms with Gasteiger partial charge in [-0.2, -0.15) is 5.10 Å². The van der Waals surface area contributed by atoms with Crippen LogP contribution in [0.25, 0.3) is 0 Å². The average Bonchev–Trinajstić information content (AvgIpc) is 2.81. The lowest BCUT2D eigenvalue weighted by atomic mass is 9.93. The Morgan fingerprint density at radius 2 is 2.21 bits per heavy atom. The number of aromatic nitrogens is 2. The van der Waals surface area contributed by atoms with Gasteiger partial charge < -0.3 is 5.32 Å². The summed E-state index contributed by atoms with van der Waals surface area (Å²) >= 11 is 0. The first-order chi connectivity index (χ1) is 8.95. The van der Waals surface area contributed by atoms with Crippen molar-refractivity contribution in [1.82, 2.24) is 9.78 Å². The van der Waals surface area contributed by atoms with Crippen LogP contribution in [0.5, 0.6) is 0 Å². The van der Waals surface area contributed by atoms with Crippen LogP contribution in [0.3, 0.4) is 0 Å². The molecule has 1 heterocycles. The second-order valence-electron chi connectivity index (χ2n) is 5.52. The van der Waals surface area contributed by atoms with Crippen LogP contribution in [0.15, 0.2) is 0 Å². The van der Waals surface area contributed by atoms with Crippen LogP contribution in [0.1, 0.15) is 38.8 Å². The highest BCUT2D eigenvalue weighted by Crippen LogP contribution is 2.37. The third-order valence-electron chi connectivity index (χ3n) is 4.45. The van der Waals surface area contributed by atoms with Gasteiger partial charge in [0.25, 0.3) is 0 Å². The lowest BCUT2D eigenvalue weighted by molar-refractivity contribution is -0.384. The van der Waals surface area contributed by atoms with E-state index < -0.39 is 0 Å². The topological polar surface area (TPSA) is 73.0 Å². The van der Waals surface area contributed by atoms with Crippen molar-refractivity contribution in [2.45, 2.75) is 46.1 Å². The number of nitro groups is 1. The Labute approximate surface area is 113 Å². The molecule has 1 aromatic heterocycles. The molecule has 1 aliphatic rings. The third-order valence-corrected chi connectivity index (χ3v) is 4.45. The number of rotatable bonds is 4. The van der Waals surface area contributed by atoms with E-state index in [1.807, 2.05) is 0 Å². The molecule has 0 aliphatic heterocycles. The summed E-state index contributed by atoms with van der Waals surface area (Å²) in [6.45, 7) is 6.12. The van der Waals surface area contributed by atoms with E-state index >= 15 is 0 Å². The molecular formula is C13H22N4O2. The molecule has 0 bridgehead atoms. The molecule has 1 aliphatic carbocycles. The number of nitrogens with zero attached hydrogens (tertiary/aromatic N) is 3. The molecule has 6 nitrogen and oxygen atoms in total. The summed E-state index contributed by atoms with van der Waals surface area (Å²) in [7, 11) is 1.75. The number of aryl methyl sites for hydroxylation is 2. The van der Waals surface area contributed by atoms with E-state index in [-0.39, 0.29) is 10.6 Å². The van der Waals surface area contributed by atoms with E-state index in [1.54, 1.807) is 18.7 Å². The van der Waals surface area contributed by atoms with E-state index in [1.165, 1.54) is 12.8 Å². The highest BCUT2D eigenvalue weighted by atomic mass is 16.6. The van der Waals surface area contributed by atoms with Crippen molar-refractivity contribution in [3.05, 3.63) is 15.8 Å². The van der Waals surface area contributed by atoms with Crippen LogP contribution >= 0.6 is 0 Å². The Balaban J connectivity index is 2.22. The van der Waals surface area contributed by atoms with Gasteiger partial charge in [-0.15, -0.1) is 0 Å². The van der Waals surface area contributed by atoms with Crippen LogP contribution in [0.2, 0.25) is 0 Å². The standard InChI is InChI=1S/C13H22N4O2/c1-5-10-6-7-11(8(10)2)14-13-12(17(18)19)9(3)15-16(13)4/h8,10-11,14H,5-7H2,1-4H3. The second-order valence-corrected chi connectivity index (χ2v) is 5.52. The number of hydrogen-bond acceptors (Lipinski definition) is 4. The van der Waals surface area contributed by atoms with Crippen molar-refractivity contribution in [3.8, 4) is 0 Å². The van der Waals surface area contributed by atoms with E-state index in [2.05, 4.69) is 24.3 Å². The van der Waals surface area contributed by atoms with Crippen molar-refractivity contribution < 1.29 is 4.92 Å². The van der Waals surface area contributed by atoms with Crippen LogP contribution in [-0.2, 0) is 7.05 Å². The fraction of sp³-hybridized carbons (Fsp3) is 0.769. The quantitative estimate of drug-likeness (QED) is 0.671. The summed E-state index contributed by atoms with van der Waals surface area (Å²) in [6, 6.07) is 0.304. The normalized spacial score (nSPS) is 26.6. The molecule has 106 valence electrons. The zero-order valence-electron chi connectivity index (χ0n) is 12.0. The summed E-state index contributed by atoms with van der Waals surface area (Å²) in [5, 5.41) is 18.6. The molecule has 2 rings (SSSR count). The highest BCUT2D eigenvalue weighted by Gasteiger charge is 2.34. The van der Waals surface area contributed by atoms with Crippen LogP contribution in [-0.4, -0.2) is 20.7 Å². The van der Waals surface area contributed by atoms with Gasteiger partial charge >= 0.3 is 5.69 Å². The maximum atomic E-state index is 11.1. The van der Waals surface area contributed by atoms with Gasteiger partial charge in [0, 0.05) is 13.1 Å². The van der Waals surface area contributed by atoms with Crippen molar-refractivity contribution >= 4 is 11.5 Å². The SMILES string of the molecule is CCC1CCC(Nc2c([N+](=O)[O-])c(C)nn2C)C1C. The molecule has 1 fully saturated rings. The summed E-state index contributed by atoms with van der Waals surface area (Å²) < 4.78 is 1.58. The molecule has 3 unspecified atom stereocenters. The number of hydrogen-bond donors (Lipinski definition) is 1. The fourth-order valence-electron chi connectivity index (χ4n) is 3.23. The monoisotopic (exact) mass is 266 g/mol. The average molecular weight is 266 g/mol. The second kappa shape index (κ2) is 5.19. The largest absolute Gasteiger partial charge is 0.362 e. The molecular weight excluding hydrogens is 244 g/mol. The molecule has 0 saturated heterocycles. The molecule has 0 radical (unpaired) electrons. The maximum absolute atomic E-state index is 11.1. The zero-order valence-corrected chi connectivity index (χ0v) is 12.0. The van der Waals surface area contributed by atoms with Gasteiger partial charge in [-0.05, 0) is 31.6 Å². The van der Waals surface area contributed by atoms with E-state index in [9.17, 15) is 10.1 Å². The van der Waals surface area contributed by atoms with Crippen LogP contribution < -0.4 is 5.32 Å². The minimum Gasteiger partial charge on any atom is -0.362 e. The Morgan fingerprint density at radius 1 is 1.53 bits per heavy atom. The smallest absolute Gasteiger partial charge is 0.333 e. The lowest BCUT2D eigenvalue weighted by Crippen LogP contribution is -2.26. The van der Waals surface area contributed by atoms with E-state index in [4.69, 9.17) is 0 Å². The van der Waals surface area contributed by atoms with Crippen molar-refractivity contribution in [2.24, 2.45) is 18.9 Å². The first kappa shape index (κ1) is 13.8. The molecule has 0 amide bonds. The van der Waals surface area contributed by atoms with Crippen molar-refractivity contribution in [1.29, 1.82) is 0 Å². The number of nitrogens with one attached hydrogen (secondary N) is 1. The zero-order chi connectivity index (χ0) is 14.2. The lowest BCUT2D eigenvalue weighted by Gasteiger charge is -2.21. The molecule has 0 spiro atoms. The molecule has 1 saturated carbocycles. The summed E-state index contributed by atoms with van der Waals surface area (Å²) in [5.41, 5.74) is 0.572. The fourth-order valence-corrected chi connectivity index (χ4v) is 3.23. The van der Waals surface area contributed by atoms with E-state index in [0.29, 0.717) is 29.4 Å². The van der Waals surface area contributed by atoms with Gasteiger partial charge in [0.15, 0.2) is 0 Å². The molecule has 1 aromatic rings. The van der Waals surface area contributed by atoms with Crippen LogP contribution in [0, 0.1) is 28.9 Å². The third kappa shape index (κ3) is 2.43. The Morgan fingerprint density at radius 3 is 2.74 bits per heavy atom. The van der Waals surface area contributed by atoms with Gasteiger partial charge in [-0.25, -0.2) is 4.68 Å². The van der Waals surface area contributed by atoms with Crippen LogP contribution in [0.4, 0.5) is 11.5 Å². The van der Waals surface area contributed by atoms with Gasteiger partial charge in [0.2, 0.25) is 5.82 Å². The Bertz CT molecular complexity index is 483. The van der Waals surface area contributed by atoms with Gasteiger partial charge in [-0.3, -0.25) is 10.1 Å². The Kier molecular flexibility index (Phi) is 3.78. The maximum Gasteiger partial charge on any atom is 0.333 e. The molecule has 1 N–H and O–H groups in total. The van der Waals surface area contributed by atoms with Gasteiger partial charge in [-0.1, -0.05) is 20.3 Å².